The molecule has 3 rings (SSSR count). The van der Waals surface area contributed by atoms with E-state index in [1.807, 2.05) is 31.4 Å². The van der Waals surface area contributed by atoms with Gasteiger partial charge in [0.25, 0.3) is 5.91 Å². The highest BCUT2D eigenvalue weighted by Crippen LogP contribution is 2.40. The Morgan fingerprint density at radius 2 is 1.61 bits per heavy atom. The van der Waals surface area contributed by atoms with Gasteiger partial charge in [-0.25, -0.2) is 4.79 Å². The van der Waals surface area contributed by atoms with Gasteiger partial charge in [-0.1, -0.05) is 23.8 Å². The van der Waals surface area contributed by atoms with Crippen LogP contribution >= 0.6 is 11.3 Å². The number of aryl methyl sites for hydroxylation is 2. The third-order valence-corrected chi connectivity index (χ3v) is 5.99. The number of rotatable bonds is 8. The van der Waals surface area contributed by atoms with Crippen molar-refractivity contribution in [2.24, 2.45) is 0 Å². The third kappa shape index (κ3) is 4.96. The van der Waals surface area contributed by atoms with E-state index < -0.39 is 11.9 Å². The van der Waals surface area contributed by atoms with Gasteiger partial charge in [0.05, 0.1) is 27.9 Å². The van der Waals surface area contributed by atoms with Gasteiger partial charge in [-0.3, -0.25) is 4.79 Å². The van der Waals surface area contributed by atoms with E-state index in [0.29, 0.717) is 33.4 Å². The summed E-state index contributed by atoms with van der Waals surface area (Å²) in [6, 6.07) is 9.12. The molecule has 0 aliphatic heterocycles. The molecule has 0 saturated heterocycles. The Bertz CT molecular complexity index is 1160. The number of ether oxygens (including phenoxy) is 4. The predicted molar refractivity (Wildman–Crippen MR) is 129 cm³/mol. The van der Waals surface area contributed by atoms with Crippen LogP contribution < -0.4 is 19.5 Å². The van der Waals surface area contributed by atoms with Crippen LogP contribution in [-0.2, 0) is 4.74 Å². The van der Waals surface area contributed by atoms with E-state index in [0.717, 1.165) is 22.3 Å². The van der Waals surface area contributed by atoms with Crippen LogP contribution in [0.4, 0.5) is 5.00 Å². The smallest absolute Gasteiger partial charge is 0.341 e. The van der Waals surface area contributed by atoms with Crippen molar-refractivity contribution >= 4 is 28.2 Å². The van der Waals surface area contributed by atoms with Gasteiger partial charge in [-0.15, -0.1) is 11.3 Å². The van der Waals surface area contributed by atoms with Crippen molar-refractivity contribution in [2.75, 3.05) is 33.3 Å². The van der Waals surface area contributed by atoms with Crippen molar-refractivity contribution in [2.45, 2.75) is 20.8 Å². The average molecular weight is 470 g/mol. The lowest BCUT2D eigenvalue weighted by Gasteiger charge is -2.14. The zero-order valence-electron chi connectivity index (χ0n) is 19.5. The standard InChI is InChI=1S/C25H27NO6S/c1-7-32-25(28)21-18(17-9-8-14(2)10-15(17)3)13-33-24(21)26-23(27)16-11-19(29-4)22(31-6)20(12-16)30-5/h8-13H,7H2,1-6H3,(H,26,27). The van der Waals surface area contributed by atoms with Crippen LogP contribution in [0.2, 0.25) is 0 Å². The highest BCUT2D eigenvalue weighted by molar-refractivity contribution is 7.15. The van der Waals surface area contributed by atoms with E-state index in [2.05, 4.69) is 11.4 Å². The fourth-order valence-electron chi connectivity index (χ4n) is 3.56. The molecule has 0 atom stereocenters. The second-order valence-electron chi connectivity index (χ2n) is 7.26. The number of methoxy groups -OCH3 is 3. The van der Waals surface area contributed by atoms with Crippen LogP contribution in [0, 0.1) is 13.8 Å². The summed E-state index contributed by atoms with van der Waals surface area (Å²) >= 11 is 1.27. The SMILES string of the molecule is CCOC(=O)c1c(-c2ccc(C)cc2C)csc1NC(=O)c1cc(OC)c(OC)c(OC)c1. The van der Waals surface area contributed by atoms with Crippen LogP contribution in [0.5, 0.6) is 17.2 Å². The maximum absolute atomic E-state index is 13.1. The number of hydrogen-bond donors (Lipinski definition) is 1. The van der Waals surface area contributed by atoms with Crippen LogP contribution in [0.25, 0.3) is 11.1 Å². The Hall–Kier alpha value is -3.52. The number of benzene rings is 2. The molecule has 3 aromatic rings. The summed E-state index contributed by atoms with van der Waals surface area (Å²) in [5.74, 6) is 0.185. The molecule has 1 heterocycles. The molecule has 0 radical (unpaired) electrons. The number of esters is 1. The highest BCUT2D eigenvalue weighted by atomic mass is 32.1. The summed E-state index contributed by atoms with van der Waals surface area (Å²) < 4.78 is 21.3. The molecule has 0 aliphatic carbocycles. The van der Waals surface area contributed by atoms with E-state index in [1.54, 1.807) is 19.1 Å². The molecule has 0 fully saturated rings. The van der Waals surface area contributed by atoms with Gasteiger partial charge in [-0.2, -0.15) is 0 Å². The van der Waals surface area contributed by atoms with Gasteiger partial charge in [0, 0.05) is 16.5 Å². The summed E-state index contributed by atoms with van der Waals surface area (Å²) in [6.07, 6.45) is 0. The molecule has 0 bridgehead atoms. The molecule has 33 heavy (non-hydrogen) atoms. The van der Waals surface area contributed by atoms with Gasteiger partial charge < -0.3 is 24.3 Å². The van der Waals surface area contributed by atoms with Gasteiger partial charge in [0.2, 0.25) is 5.75 Å². The zero-order chi connectivity index (χ0) is 24.1. The molecule has 1 amide bonds. The molecular formula is C25H27NO6S. The average Bonchev–Trinajstić information content (AvgIpc) is 3.21. The molecule has 0 aliphatic rings. The van der Waals surface area contributed by atoms with Crippen LogP contribution in [0.3, 0.4) is 0 Å². The van der Waals surface area contributed by atoms with Crippen LogP contribution in [0.1, 0.15) is 38.8 Å². The first kappa shape index (κ1) is 24.1. The quantitative estimate of drug-likeness (QED) is 0.440. The lowest BCUT2D eigenvalue weighted by Crippen LogP contribution is -2.15. The maximum Gasteiger partial charge on any atom is 0.341 e. The fraction of sp³-hybridized carbons (Fsp3) is 0.280. The minimum absolute atomic E-state index is 0.223. The second kappa shape index (κ2) is 10.4. The number of thiophene rings is 1. The molecule has 1 N–H and O–H groups in total. The van der Waals surface area contributed by atoms with Crippen molar-refractivity contribution in [3.63, 3.8) is 0 Å². The normalized spacial score (nSPS) is 10.5. The topological polar surface area (TPSA) is 83.1 Å². The van der Waals surface area contributed by atoms with Crippen molar-refractivity contribution < 1.29 is 28.5 Å². The molecule has 7 nitrogen and oxygen atoms in total. The van der Waals surface area contributed by atoms with Crippen LogP contribution in [0.15, 0.2) is 35.7 Å². The highest BCUT2D eigenvalue weighted by Gasteiger charge is 2.25. The lowest BCUT2D eigenvalue weighted by molar-refractivity contribution is 0.0529. The monoisotopic (exact) mass is 469 g/mol. The molecular weight excluding hydrogens is 442 g/mol. The summed E-state index contributed by atoms with van der Waals surface area (Å²) in [5, 5.41) is 5.11. The first-order valence-electron chi connectivity index (χ1n) is 10.3. The largest absolute Gasteiger partial charge is 0.493 e. The van der Waals surface area contributed by atoms with Crippen molar-refractivity contribution in [3.05, 3.63) is 58.0 Å². The number of hydrogen-bond acceptors (Lipinski definition) is 7. The molecule has 1 aromatic heterocycles. The van der Waals surface area contributed by atoms with Gasteiger partial charge >= 0.3 is 5.97 Å². The Morgan fingerprint density at radius 3 is 2.15 bits per heavy atom. The Balaban J connectivity index is 2.04. The minimum Gasteiger partial charge on any atom is -0.493 e. The Morgan fingerprint density at radius 1 is 0.939 bits per heavy atom. The maximum atomic E-state index is 13.1. The first-order valence-corrected chi connectivity index (χ1v) is 11.2. The molecule has 2 aromatic carbocycles. The predicted octanol–water partition coefficient (Wildman–Crippen LogP) is 5.49. The molecule has 0 unspecified atom stereocenters. The van der Waals surface area contributed by atoms with Crippen molar-refractivity contribution in [1.29, 1.82) is 0 Å². The Kier molecular flexibility index (Phi) is 7.60. The number of carbonyl (C=O) groups excluding carboxylic acids is 2. The Labute approximate surface area is 197 Å². The van der Waals surface area contributed by atoms with Crippen molar-refractivity contribution in [3.8, 4) is 28.4 Å². The van der Waals surface area contributed by atoms with Gasteiger partial charge in [0.1, 0.15) is 10.6 Å². The van der Waals surface area contributed by atoms with E-state index in [-0.39, 0.29) is 6.61 Å². The van der Waals surface area contributed by atoms with Gasteiger partial charge in [-0.05, 0) is 44.0 Å². The van der Waals surface area contributed by atoms with E-state index in [9.17, 15) is 9.59 Å². The lowest BCUT2D eigenvalue weighted by atomic mass is 9.97. The number of carbonyl (C=O) groups is 2. The first-order chi connectivity index (χ1) is 15.8. The molecule has 0 spiro atoms. The summed E-state index contributed by atoms with van der Waals surface area (Å²) in [4.78, 5) is 26.0. The summed E-state index contributed by atoms with van der Waals surface area (Å²) in [6.45, 7) is 5.97. The number of nitrogens with one attached hydrogen (secondary N) is 1. The summed E-state index contributed by atoms with van der Waals surface area (Å²) in [7, 11) is 4.45. The zero-order valence-corrected chi connectivity index (χ0v) is 20.3. The second-order valence-corrected chi connectivity index (χ2v) is 8.14. The molecule has 8 heteroatoms. The van der Waals surface area contributed by atoms with Gasteiger partial charge in [0.15, 0.2) is 11.5 Å². The molecule has 0 saturated carbocycles. The van der Waals surface area contributed by atoms with E-state index in [1.165, 1.54) is 32.7 Å². The fourth-order valence-corrected chi connectivity index (χ4v) is 4.50. The number of anilines is 1. The van der Waals surface area contributed by atoms with Crippen LogP contribution in [-0.4, -0.2) is 39.8 Å². The molecule has 174 valence electrons. The summed E-state index contributed by atoms with van der Waals surface area (Å²) in [5.41, 5.74) is 4.40. The number of amides is 1. The van der Waals surface area contributed by atoms with E-state index in [4.69, 9.17) is 18.9 Å². The van der Waals surface area contributed by atoms with Crippen molar-refractivity contribution in [1.82, 2.24) is 0 Å². The van der Waals surface area contributed by atoms with E-state index >= 15 is 0 Å². The third-order valence-electron chi connectivity index (χ3n) is 5.10. The minimum atomic E-state index is -0.492.